The highest BCUT2D eigenvalue weighted by atomic mass is 15.1. The molecular weight excluding hydrogens is 244 g/mol. The predicted molar refractivity (Wildman–Crippen MR) is 87.0 cm³/mol. The highest BCUT2D eigenvalue weighted by molar-refractivity contribution is 5.22. The largest absolute Gasteiger partial charge is 0.310 e. The molecule has 1 heterocycles. The van der Waals surface area contributed by atoms with Gasteiger partial charge in [0, 0.05) is 23.7 Å². The van der Waals surface area contributed by atoms with Crippen LogP contribution in [0.3, 0.4) is 0 Å². The van der Waals surface area contributed by atoms with Crippen LogP contribution in [-0.4, -0.2) is 17.1 Å². The summed E-state index contributed by atoms with van der Waals surface area (Å²) in [5.74, 6) is 0. The van der Waals surface area contributed by atoms with E-state index in [1.165, 1.54) is 24.0 Å². The van der Waals surface area contributed by atoms with Crippen LogP contribution >= 0.6 is 0 Å². The molecule has 20 heavy (non-hydrogen) atoms. The molecule has 2 N–H and O–H groups in total. The molecule has 2 rings (SSSR count). The monoisotopic (exact) mass is 274 g/mol. The van der Waals surface area contributed by atoms with Crippen LogP contribution in [0, 0.1) is 0 Å². The van der Waals surface area contributed by atoms with Gasteiger partial charge < -0.3 is 10.6 Å². The van der Waals surface area contributed by atoms with E-state index in [9.17, 15) is 0 Å². The molecule has 2 heteroatoms. The predicted octanol–water partition coefficient (Wildman–Crippen LogP) is 3.65. The van der Waals surface area contributed by atoms with Crippen molar-refractivity contribution in [2.24, 2.45) is 0 Å². The van der Waals surface area contributed by atoms with Gasteiger partial charge in [0.1, 0.15) is 0 Å². The lowest BCUT2D eigenvalue weighted by Gasteiger charge is -2.46. The summed E-state index contributed by atoms with van der Waals surface area (Å²) in [6.07, 6.45) is 3.48. The molecule has 0 amide bonds. The molecular formula is C18H30N2. The third-order valence-corrected chi connectivity index (χ3v) is 4.22. The van der Waals surface area contributed by atoms with E-state index >= 15 is 0 Å². The summed E-state index contributed by atoms with van der Waals surface area (Å²) in [7, 11) is 0. The Labute approximate surface area is 124 Å². The second-order valence-corrected chi connectivity index (χ2v) is 7.55. The molecule has 0 aromatic heterocycles. The van der Waals surface area contributed by atoms with Gasteiger partial charge in [-0.2, -0.15) is 0 Å². The Morgan fingerprint density at radius 3 is 2.00 bits per heavy atom. The van der Waals surface area contributed by atoms with E-state index in [4.69, 9.17) is 0 Å². The lowest BCUT2D eigenvalue weighted by atomic mass is 9.79. The van der Waals surface area contributed by atoms with E-state index in [0.717, 1.165) is 13.0 Å². The maximum absolute atomic E-state index is 3.75. The minimum absolute atomic E-state index is 0.214. The summed E-state index contributed by atoms with van der Waals surface area (Å²) in [5, 5.41) is 7.48. The first-order chi connectivity index (χ1) is 9.30. The number of piperidine rings is 1. The van der Waals surface area contributed by atoms with Crippen LogP contribution in [0.1, 0.15) is 58.6 Å². The standard InChI is InChI=1S/C18H30N2/c1-6-14-7-9-15(10-8-14)13-19-16-11-17(2,3)20-18(4,5)12-16/h7-10,16,19-20H,6,11-13H2,1-5H3. The molecule has 2 nitrogen and oxygen atoms in total. The van der Waals surface area contributed by atoms with E-state index in [-0.39, 0.29) is 11.1 Å². The Hall–Kier alpha value is -0.860. The summed E-state index contributed by atoms with van der Waals surface area (Å²) >= 11 is 0. The number of aryl methyl sites for hydroxylation is 1. The zero-order valence-corrected chi connectivity index (χ0v) is 13.7. The Bertz CT molecular complexity index is 415. The van der Waals surface area contributed by atoms with E-state index in [1.54, 1.807) is 0 Å². The zero-order chi connectivity index (χ0) is 14.8. The Kier molecular flexibility index (Phi) is 4.55. The van der Waals surface area contributed by atoms with Gasteiger partial charge in [0.15, 0.2) is 0 Å². The van der Waals surface area contributed by atoms with Crippen molar-refractivity contribution in [2.75, 3.05) is 0 Å². The van der Waals surface area contributed by atoms with Gasteiger partial charge in [-0.05, 0) is 58.1 Å². The van der Waals surface area contributed by atoms with Crippen molar-refractivity contribution in [3.8, 4) is 0 Å². The van der Waals surface area contributed by atoms with E-state index in [0.29, 0.717) is 6.04 Å². The molecule has 1 aromatic carbocycles. The van der Waals surface area contributed by atoms with Gasteiger partial charge in [-0.15, -0.1) is 0 Å². The van der Waals surface area contributed by atoms with Crippen LogP contribution < -0.4 is 10.6 Å². The Morgan fingerprint density at radius 1 is 1.00 bits per heavy atom. The van der Waals surface area contributed by atoms with Crippen molar-refractivity contribution in [2.45, 2.75) is 77.5 Å². The summed E-state index contributed by atoms with van der Waals surface area (Å²) in [4.78, 5) is 0. The number of hydrogen-bond acceptors (Lipinski definition) is 2. The number of benzene rings is 1. The average Bonchev–Trinajstić information content (AvgIpc) is 2.33. The van der Waals surface area contributed by atoms with Gasteiger partial charge >= 0.3 is 0 Å². The Morgan fingerprint density at radius 2 is 1.50 bits per heavy atom. The quantitative estimate of drug-likeness (QED) is 0.876. The van der Waals surface area contributed by atoms with Crippen LogP contribution in [0.4, 0.5) is 0 Å². The maximum atomic E-state index is 3.75. The summed E-state index contributed by atoms with van der Waals surface area (Å²) in [6.45, 7) is 12.4. The first-order valence-electron chi connectivity index (χ1n) is 7.90. The molecule has 0 bridgehead atoms. The van der Waals surface area contributed by atoms with Crippen molar-refractivity contribution >= 4 is 0 Å². The molecule has 0 aliphatic carbocycles. The molecule has 0 saturated carbocycles. The van der Waals surface area contributed by atoms with Crippen LogP contribution in [0.2, 0.25) is 0 Å². The smallest absolute Gasteiger partial charge is 0.0208 e. The van der Waals surface area contributed by atoms with E-state index < -0.39 is 0 Å². The fourth-order valence-electron chi connectivity index (χ4n) is 3.62. The molecule has 1 saturated heterocycles. The van der Waals surface area contributed by atoms with Gasteiger partial charge in [0.2, 0.25) is 0 Å². The molecule has 0 radical (unpaired) electrons. The molecule has 0 atom stereocenters. The highest BCUT2D eigenvalue weighted by Gasteiger charge is 2.37. The minimum atomic E-state index is 0.214. The lowest BCUT2D eigenvalue weighted by molar-refractivity contribution is 0.145. The van der Waals surface area contributed by atoms with Gasteiger partial charge in [0.25, 0.3) is 0 Å². The molecule has 1 aliphatic heterocycles. The van der Waals surface area contributed by atoms with Crippen LogP contribution in [0.25, 0.3) is 0 Å². The Balaban J connectivity index is 1.92. The second-order valence-electron chi connectivity index (χ2n) is 7.55. The summed E-state index contributed by atoms with van der Waals surface area (Å²) in [6, 6.07) is 9.58. The average molecular weight is 274 g/mol. The van der Waals surface area contributed by atoms with Gasteiger partial charge in [-0.3, -0.25) is 0 Å². The summed E-state index contributed by atoms with van der Waals surface area (Å²) in [5.41, 5.74) is 3.23. The van der Waals surface area contributed by atoms with Crippen molar-refractivity contribution in [3.63, 3.8) is 0 Å². The van der Waals surface area contributed by atoms with Crippen LogP contribution in [0.5, 0.6) is 0 Å². The fraction of sp³-hybridized carbons (Fsp3) is 0.667. The van der Waals surface area contributed by atoms with Crippen molar-refractivity contribution in [3.05, 3.63) is 35.4 Å². The maximum Gasteiger partial charge on any atom is 0.0208 e. The molecule has 1 aromatic rings. The first-order valence-corrected chi connectivity index (χ1v) is 7.90. The van der Waals surface area contributed by atoms with E-state index in [1.807, 2.05) is 0 Å². The third kappa shape index (κ3) is 4.32. The summed E-state index contributed by atoms with van der Waals surface area (Å²) < 4.78 is 0. The van der Waals surface area contributed by atoms with E-state index in [2.05, 4.69) is 69.5 Å². The SMILES string of the molecule is CCc1ccc(CNC2CC(C)(C)NC(C)(C)C2)cc1. The number of hydrogen-bond donors (Lipinski definition) is 2. The minimum Gasteiger partial charge on any atom is -0.310 e. The highest BCUT2D eigenvalue weighted by Crippen LogP contribution is 2.28. The normalized spacial score (nSPS) is 21.9. The fourth-order valence-corrected chi connectivity index (χ4v) is 3.62. The molecule has 1 aliphatic rings. The van der Waals surface area contributed by atoms with Gasteiger partial charge in [-0.25, -0.2) is 0 Å². The van der Waals surface area contributed by atoms with Gasteiger partial charge in [0.05, 0.1) is 0 Å². The number of rotatable bonds is 4. The van der Waals surface area contributed by atoms with Crippen LogP contribution in [-0.2, 0) is 13.0 Å². The number of nitrogens with one attached hydrogen (secondary N) is 2. The van der Waals surface area contributed by atoms with Crippen molar-refractivity contribution in [1.29, 1.82) is 0 Å². The van der Waals surface area contributed by atoms with Gasteiger partial charge in [-0.1, -0.05) is 31.2 Å². The molecule has 1 fully saturated rings. The zero-order valence-electron chi connectivity index (χ0n) is 13.7. The van der Waals surface area contributed by atoms with Crippen molar-refractivity contribution < 1.29 is 0 Å². The molecule has 112 valence electrons. The topological polar surface area (TPSA) is 24.1 Å². The molecule has 0 spiro atoms. The van der Waals surface area contributed by atoms with Crippen molar-refractivity contribution in [1.82, 2.24) is 10.6 Å². The molecule has 0 unspecified atom stereocenters. The van der Waals surface area contributed by atoms with Crippen LogP contribution in [0.15, 0.2) is 24.3 Å². The lowest BCUT2D eigenvalue weighted by Crippen LogP contribution is -2.61. The first kappa shape index (κ1) is 15.5. The third-order valence-electron chi connectivity index (χ3n) is 4.22. The second kappa shape index (κ2) is 5.87.